The molecule has 0 aromatic heterocycles. The largest absolute Gasteiger partial charge is 0.493 e. The molecule has 2 aromatic carbocycles. The number of carbonyl (C=O) groups excluding carboxylic acids is 1. The molecule has 0 unspecified atom stereocenters. The molecule has 1 heterocycles. The van der Waals surface area contributed by atoms with E-state index in [1.807, 2.05) is 11.8 Å². The monoisotopic (exact) mass is 470 g/mol. The fourth-order valence-corrected chi connectivity index (χ4v) is 4.49. The van der Waals surface area contributed by atoms with Gasteiger partial charge in [0.15, 0.2) is 11.5 Å². The van der Waals surface area contributed by atoms with Crippen LogP contribution in [-0.2, 0) is 0 Å². The van der Waals surface area contributed by atoms with E-state index in [1.165, 1.54) is 33.8 Å². The van der Waals surface area contributed by atoms with Crippen molar-refractivity contribution in [2.45, 2.75) is 32.2 Å². The molecule has 34 heavy (non-hydrogen) atoms. The van der Waals surface area contributed by atoms with Gasteiger partial charge in [-0.25, -0.2) is 4.39 Å². The molecule has 1 fully saturated rings. The third kappa shape index (κ3) is 6.08. The number of rotatable bonds is 10. The zero-order chi connectivity index (χ0) is 24.7. The summed E-state index contributed by atoms with van der Waals surface area (Å²) in [6.45, 7) is 3.98. The molecule has 0 saturated carbocycles. The molecule has 1 atom stereocenters. The molecule has 0 radical (unpaired) electrons. The Morgan fingerprint density at radius 2 is 1.82 bits per heavy atom. The molecule has 1 amide bonds. The van der Waals surface area contributed by atoms with Crippen molar-refractivity contribution >= 4 is 12.0 Å². The molecule has 2 aromatic rings. The van der Waals surface area contributed by atoms with Gasteiger partial charge in [-0.2, -0.15) is 0 Å². The van der Waals surface area contributed by atoms with Gasteiger partial charge in [-0.05, 0) is 58.0 Å². The van der Waals surface area contributed by atoms with Crippen molar-refractivity contribution in [3.63, 3.8) is 0 Å². The second-order valence-electron chi connectivity index (χ2n) is 8.72. The fraction of sp³-hybridized carbons (Fsp3) is 0.444. The van der Waals surface area contributed by atoms with E-state index < -0.39 is 0 Å². The van der Waals surface area contributed by atoms with E-state index in [9.17, 15) is 9.18 Å². The van der Waals surface area contributed by atoms with E-state index >= 15 is 0 Å². The summed E-state index contributed by atoms with van der Waals surface area (Å²) in [4.78, 5) is 17.9. The van der Waals surface area contributed by atoms with Gasteiger partial charge < -0.3 is 24.0 Å². The summed E-state index contributed by atoms with van der Waals surface area (Å²) >= 11 is 0. The minimum absolute atomic E-state index is 0.138. The Labute approximate surface area is 201 Å². The average Bonchev–Trinajstić information content (AvgIpc) is 3.26. The third-order valence-corrected chi connectivity index (χ3v) is 6.35. The van der Waals surface area contributed by atoms with Crippen LogP contribution in [0.15, 0.2) is 42.0 Å². The third-order valence-electron chi connectivity index (χ3n) is 6.35. The molecule has 6 nitrogen and oxygen atoms in total. The zero-order valence-electron chi connectivity index (χ0n) is 20.8. The van der Waals surface area contributed by atoms with Crippen LogP contribution in [0.1, 0.15) is 42.1 Å². The SMILES string of the molecule is COc1cc(C(=O)N(CC[C@H]2CCCN2C)C/C(C)=C/c2ccccc2F)cc(OC)c1OC. The molecular formula is C27H35FN2O4. The Balaban J connectivity index is 1.89. The topological polar surface area (TPSA) is 51.2 Å². The van der Waals surface area contributed by atoms with Crippen LogP contribution in [0.4, 0.5) is 4.39 Å². The number of amides is 1. The highest BCUT2D eigenvalue weighted by Gasteiger charge is 2.25. The van der Waals surface area contributed by atoms with Crippen molar-refractivity contribution in [1.29, 1.82) is 0 Å². The second kappa shape index (κ2) is 11.9. The highest BCUT2D eigenvalue weighted by atomic mass is 19.1. The van der Waals surface area contributed by atoms with Crippen molar-refractivity contribution < 1.29 is 23.4 Å². The number of halogens is 1. The zero-order valence-corrected chi connectivity index (χ0v) is 20.8. The van der Waals surface area contributed by atoms with Crippen LogP contribution in [0, 0.1) is 5.82 Å². The predicted octanol–water partition coefficient (Wildman–Crippen LogP) is 4.88. The van der Waals surface area contributed by atoms with Crippen molar-refractivity contribution in [2.75, 3.05) is 48.0 Å². The van der Waals surface area contributed by atoms with Crippen molar-refractivity contribution in [2.24, 2.45) is 0 Å². The average molecular weight is 471 g/mol. The number of hydrogen-bond acceptors (Lipinski definition) is 5. The van der Waals surface area contributed by atoms with Crippen molar-refractivity contribution in [3.8, 4) is 17.2 Å². The van der Waals surface area contributed by atoms with Crippen LogP contribution in [-0.4, -0.2) is 69.8 Å². The van der Waals surface area contributed by atoms with E-state index in [-0.39, 0.29) is 11.7 Å². The summed E-state index contributed by atoms with van der Waals surface area (Å²) in [5.41, 5.74) is 1.86. The number of nitrogens with zero attached hydrogens (tertiary/aromatic N) is 2. The van der Waals surface area contributed by atoms with Gasteiger partial charge in [0.1, 0.15) is 5.82 Å². The number of ether oxygens (including phenoxy) is 3. The Morgan fingerprint density at radius 3 is 2.38 bits per heavy atom. The second-order valence-corrected chi connectivity index (χ2v) is 8.72. The molecular weight excluding hydrogens is 435 g/mol. The normalized spacial score (nSPS) is 16.4. The van der Waals surface area contributed by atoms with E-state index in [0.717, 1.165) is 25.0 Å². The van der Waals surface area contributed by atoms with Gasteiger partial charge in [-0.1, -0.05) is 29.8 Å². The number of benzene rings is 2. The molecule has 0 bridgehead atoms. The van der Waals surface area contributed by atoms with Gasteiger partial charge >= 0.3 is 0 Å². The van der Waals surface area contributed by atoms with Gasteiger partial charge in [0, 0.05) is 30.3 Å². The number of carbonyl (C=O) groups is 1. The number of likely N-dealkylation sites (tertiary alicyclic amines) is 1. The van der Waals surface area contributed by atoms with E-state index in [1.54, 1.807) is 36.4 Å². The summed E-state index contributed by atoms with van der Waals surface area (Å²) in [5.74, 6) is 0.882. The van der Waals surface area contributed by atoms with Gasteiger partial charge in [-0.15, -0.1) is 0 Å². The molecule has 1 aliphatic heterocycles. The lowest BCUT2D eigenvalue weighted by molar-refractivity contribution is 0.0757. The Morgan fingerprint density at radius 1 is 1.15 bits per heavy atom. The quantitative estimate of drug-likeness (QED) is 0.495. The van der Waals surface area contributed by atoms with Gasteiger partial charge in [0.2, 0.25) is 5.75 Å². The van der Waals surface area contributed by atoms with Gasteiger partial charge in [0.25, 0.3) is 5.91 Å². The molecule has 184 valence electrons. The fourth-order valence-electron chi connectivity index (χ4n) is 4.49. The first-order chi connectivity index (χ1) is 16.4. The Kier molecular flexibility index (Phi) is 8.93. The van der Waals surface area contributed by atoms with Gasteiger partial charge in [0.05, 0.1) is 21.3 Å². The lowest BCUT2D eigenvalue weighted by atomic mass is 10.1. The highest BCUT2D eigenvalue weighted by Crippen LogP contribution is 2.38. The lowest BCUT2D eigenvalue weighted by Gasteiger charge is -2.27. The lowest BCUT2D eigenvalue weighted by Crippen LogP contribution is -2.37. The molecule has 3 rings (SSSR count). The first-order valence-corrected chi connectivity index (χ1v) is 11.6. The van der Waals surface area contributed by atoms with Crippen molar-refractivity contribution in [3.05, 3.63) is 58.9 Å². The Bertz CT molecular complexity index is 998. The van der Waals surface area contributed by atoms with Crippen LogP contribution in [0.2, 0.25) is 0 Å². The highest BCUT2D eigenvalue weighted by molar-refractivity contribution is 5.96. The predicted molar refractivity (Wildman–Crippen MR) is 132 cm³/mol. The first-order valence-electron chi connectivity index (χ1n) is 11.6. The van der Waals surface area contributed by atoms with Crippen LogP contribution >= 0.6 is 0 Å². The summed E-state index contributed by atoms with van der Waals surface area (Å²) in [5, 5.41) is 0. The number of methoxy groups -OCH3 is 3. The van der Waals surface area contributed by atoms with Crippen LogP contribution < -0.4 is 14.2 Å². The maximum atomic E-state index is 14.2. The summed E-state index contributed by atoms with van der Waals surface area (Å²) < 4.78 is 30.5. The summed E-state index contributed by atoms with van der Waals surface area (Å²) in [6.07, 6.45) is 4.98. The van der Waals surface area contributed by atoms with Gasteiger partial charge in [-0.3, -0.25) is 4.79 Å². The van der Waals surface area contributed by atoms with Crippen molar-refractivity contribution in [1.82, 2.24) is 9.80 Å². The van der Waals surface area contributed by atoms with E-state index in [2.05, 4.69) is 11.9 Å². The minimum atomic E-state index is -0.281. The molecule has 1 saturated heterocycles. The Hall–Kier alpha value is -3.06. The molecule has 0 aliphatic carbocycles. The summed E-state index contributed by atoms with van der Waals surface area (Å²) in [7, 11) is 6.72. The minimum Gasteiger partial charge on any atom is -0.493 e. The maximum absolute atomic E-state index is 14.2. The van der Waals surface area contributed by atoms with E-state index in [0.29, 0.717) is 47.5 Å². The van der Waals surface area contributed by atoms with Crippen LogP contribution in [0.3, 0.4) is 0 Å². The number of hydrogen-bond donors (Lipinski definition) is 0. The maximum Gasteiger partial charge on any atom is 0.254 e. The first kappa shape index (κ1) is 25.6. The standard InChI is InChI=1S/C27H35FN2O4/c1-19(15-20-9-6-7-11-23(20)28)18-30(14-12-22-10-8-13-29(22)2)27(31)21-16-24(32-3)26(34-5)25(17-21)33-4/h6-7,9,11,15-17,22H,8,10,12-14,18H2,1-5H3/b19-15+/t22-/m1/s1. The molecule has 0 spiro atoms. The summed E-state index contributed by atoms with van der Waals surface area (Å²) in [6, 6.07) is 10.4. The van der Waals surface area contributed by atoms with Crippen LogP contribution in [0.5, 0.6) is 17.2 Å². The van der Waals surface area contributed by atoms with E-state index in [4.69, 9.17) is 14.2 Å². The van der Waals surface area contributed by atoms with Crippen LogP contribution in [0.25, 0.3) is 6.08 Å². The smallest absolute Gasteiger partial charge is 0.254 e. The molecule has 0 N–H and O–H groups in total. The molecule has 7 heteroatoms. The molecule has 1 aliphatic rings.